The van der Waals surface area contributed by atoms with Gasteiger partial charge in [-0.2, -0.15) is 0 Å². The molecule has 1 aliphatic heterocycles. The number of carboxylic acid groups (broad SMARTS) is 1. The Morgan fingerprint density at radius 1 is 1.64 bits per heavy atom. The van der Waals surface area contributed by atoms with E-state index in [2.05, 4.69) is 0 Å². The number of hydrogen-bond donors (Lipinski definition) is 1. The van der Waals surface area contributed by atoms with E-state index in [-0.39, 0.29) is 18.3 Å². The van der Waals surface area contributed by atoms with Crippen molar-refractivity contribution in [2.75, 3.05) is 13.2 Å². The van der Waals surface area contributed by atoms with Gasteiger partial charge >= 0.3 is 5.97 Å². The molecule has 1 aromatic heterocycles. The lowest BCUT2D eigenvalue weighted by Crippen LogP contribution is -2.35. The number of hydrogen-bond acceptors (Lipinski definition) is 4. The smallest absolute Gasteiger partial charge is 0.339 e. The fraction of sp³-hybridized carbons (Fsp3) is 0.444. The molecule has 0 aromatic carbocycles. The molecular formula is C9H10O5. The average molecular weight is 198 g/mol. The Morgan fingerprint density at radius 2 is 2.43 bits per heavy atom. The van der Waals surface area contributed by atoms with Gasteiger partial charge in [-0.05, 0) is 6.07 Å². The first-order chi connectivity index (χ1) is 6.77. The molecule has 0 radical (unpaired) electrons. The van der Waals surface area contributed by atoms with Crippen LogP contribution in [0.25, 0.3) is 0 Å². The van der Waals surface area contributed by atoms with E-state index in [1.807, 2.05) is 0 Å². The molecule has 0 aliphatic carbocycles. The topological polar surface area (TPSA) is 68.9 Å². The van der Waals surface area contributed by atoms with Crippen LogP contribution in [0.2, 0.25) is 0 Å². The largest absolute Gasteiger partial charge is 0.478 e. The Hall–Kier alpha value is -1.33. The highest BCUT2D eigenvalue weighted by atomic mass is 16.6. The van der Waals surface area contributed by atoms with Gasteiger partial charge in [0, 0.05) is 0 Å². The van der Waals surface area contributed by atoms with E-state index < -0.39 is 5.97 Å². The molecule has 14 heavy (non-hydrogen) atoms. The maximum atomic E-state index is 10.7. The molecule has 1 saturated heterocycles. The standard InChI is InChI=1S/C9H10O5/c10-9(11)7-1-2-13-8(7)5-14-6-3-12-4-6/h1-2,6H,3-5H2,(H,10,11). The maximum Gasteiger partial charge on any atom is 0.339 e. The van der Waals surface area contributed by atoms with Crippen molar-refractivity contribution in [1.29, 1.82) is 0 Å². The van der Waals surface area contributed by atoms with Crippen molar-refractivity contribution >= 4 is 5.97 Å². The summed E-state index contributed by atoms with van der Waals surface area (Å²) in [5.41, 5.74) is 0.158. The number of furan rings is 1. The number of ether oxygens (including phenoxy) is 2. The van der Waals surface area contributed by atoms with E-state index in [0.29, 0.717) is 19.0 Å². The van der Waals surface area contributed by atoms with E-state index in [4.69, 9.17) is 19.0 Å². The van der Waals surface area contributed by atoms with E-state index in [1.165, 1.54) is 12.3 Å². The maximum absolute atomic E-state index is 10.7. The first-order valence-electron chi connectivity index (χ1n) is 4.26. The van der Waals surface area contributed by atoms with Gasteiger partial charge in [-0.1, -0.05) is 0 Å². The van der Waals surface area contributed by atoms with Gasteiger partial charge in [0.1, 0.15) is 24.0 Å². The van der Waals surface area contributed by atoms with Gasteiger partial charge < -0.3 is 19.0 Å². The predicted octanol–water partition coefficient (Wildman–Crippen LogP) is 0.893. The predicted molar refractivity (Wildman–Crippen MR) is 45.1 cm³/mol. The summed E-state index contributed by atoms with van der Waals surface area (Å²) in [6.07, 6.45) is 1.42. The highest BCUT2D eigenvalue weighted by Gasteiger charge is 2.21. The summed E-state index contributed by atoms with van der Waals surface area (Å²) in [4.78, 5) is 10.7. The van der Waals surface area contributed by atoms with E-state index in [9.17, 15) is 4.79 Å². The van der Waals surface area contributed by atoms with E-state index >= 15 is 0 Å². The van der Waals surface area contributed by atoms with Crippen LogP contribution in [0.3, 0.4) is 0 Å². The van der Waals surface area contributed by atoms with Gasteiger partial charge in [0.05, 0.1) is 19.5 Å². The van der Waals surface area contributed by atoms with Gasteiger partial charge in [0.25, 0.3) is 0 Å². The third-order valence-corrected chi connectivity index (χ3v) is 2.03. The Kier molecular flexibility index (Phi) is 2.51. The molecule has 5 nitrogen and oxygen atoms in total. The first kappa shape index (κ1) is 9.23. The normalized spacial score (nSPS) is 16.6. The summed E-state index contributed by atoms with van der Waals surface area (Å²) in [6, 6.07) is 1.41. The second kappa shape index (κ2) is 3.81. The van der Waals surface area contributed by atoms with Gasteiger partial charge in [-0.25, -0.2) is 4.79 Å². The summed E-state index contributed by atoms with van der Waals surface area (Å²) in [6.45, 7) is 1.33. The van der Waals surface area contributed by atoms with Crippen LogP contribution in [0, 0.1) is 0 Å². The molecule has 1 fully saturated rings. The molecule has 0 bridgehead atoms. The summed E-state index contributed by atoms with van der Waals surface area (Å²) in [7, 11) is 0. The Labute approximate surface area is 80.2 Å². The molecule has 1 aliphatic rings. The zero-order valence-electron chi connectivity index (χ0n) is 7.43. The third kappa shape index (κ3) is 1.78. The monoisotopic (exact) mass is 198 g/mol. The van der Waals surface area contributed by atoms with Crippen LogP contribution in [-0.4, -0.2) is 30.4 Å². The summed E-state index contributed by atoms with van der Waals surface area (Å²) in [5.74, 6) is -0.647. The second-order valence-electron chi connectivity index (χ2n) is 3.03. The number of carboxylic acids is 1. The second-order valence-corrected chi connectivity index (χ2v) is 3.03. The molecule has 2 heterocycles. The Morgan fingerprint density at radius 3 is 3.00 bits per heavy atom. The van der Waals surface area contributed by atoms with Gasteiger partial charge in [-0.15, -0.1) is 0 Å². The third-order valence-electron chi connectivity index (χ3n) is 2.03. The minimum atomic E-state index is -0.998. The van der Waals surface area contributed by atoms with Gasteiger partial charge in [0.15, 0.2) is 0 Å². The van der Waals surface area contributed by atoms with Crippen LogP contribution in [0.4, 0.5) is 0 Å². The van der Waals surface area contributed by atoms with Crippen molar-refractivity contribution < 1.29 is 23.8 Å². The van der Waals surface area contributed by atoms with Crippen molar-refractivity contribution in [3.63, 3.8) is 0 Å². The van der Waals surface area contributed by atoms with Crippen LogP contribution in [0.5, 0.6) is 0 Å². The lowest BCUT2D eigenvalue weighted by Gasteiger charge is -2.25. The molecule has 1 aromatic rings. The van der Waals surface area contributed by atoms with Crippen LogP contribution >= 0.6 is 0 Å². The number of carbonyl (C=O) groups is 1. The minimum absolute atomic E-state index is 0.0711. The van der Waals surface area contributed by atoms with Crippen LogP contribution in [0.15, 0.2) is 16.7 Å². The molecule has 0 atom stereocenters. The van der Waals surface area contributed by atoms with Gasteiger partial charge in [-0.3, -0.25) is 0 Å². The van der Waals surface area contributed by atoms with E-state index in [0.717, 1.165) is 0 Å². The summed E-state index contributed by atoms with van der Waals surface area (Å²) >= 11 is 0. The van der Waals surface area contributed by atoms with E-state index in [1.54, 1.807) is 0 Å². The lowest BCUT2D eigenvalue weighted by molar-refractivity contribution is -0.137. The van der Waals surface area contributed by atoms with Crippen molar-refractivity contribution in [2.45, 2.75) is 12.7 Å². The molecule has 0 amide bonds. The van der Waals surface area contributed by atoms with Gasteiger partial charge in [0.2, 0.25) is 0 Å². The molecule has 1 N–H and O–H groups in total. The SMILES string of the molecule is O=C(O)c1ccoc1COC1COC1. The molecule has 2 rings (SSSR count). The molecule has 0 saturated carbocycles. The zero-order chi connectivity index (χ0) is 9.97. The molecule has 0 spiro atoms. The zero-order valence-corrected chi connectivity index (χ0v) is 7.43. The van der Waals surface area contributed by atoms with Crippen molar-refractivity contribution in [3.05, 3.63) is 23.7 Å². The summed E-state index contributed by atoms with van der Waals surface area (Å²) in [5, 5.41) is 8.75. The summed E-state index contributed by atoms with van der Waals surface area (Å²) < 4.78 is 15.2. The number of aromatic carboxylic acids is 1. The fourth-order valence-corrected chi connectivity index (χ4v) is 1.15. The minimum Gasteiger partial charge on any atom is -0.478 e. The van der Waals surface area contributed by atoms with Crippen LogP contribution in [-0.2, 0) is 16.1 Å². The highest BCUT2D eigenvalue weighted by Crippen LogP contribution is 2.14. The molecule has 0 unspecified atom stereocenters. The van der Waals surface area contributed by atoms with Crippen molar-refractivity contribution in [1.82, 2.24) is 0 Å². The number of rotatable bonds is 4. The fourth-order valence-electron chi connectivity index (χ4n) is 1.15. The Balaban J connectivity index is 1.94. The molecule has 76 valence electrons. The molecule has 5 heteroatoms. The van der Waals surface area contributed by atoms with Crippen molar-refractivity contribution in [2.24, 2.45) is 0 Å². The van der Waals surface area contributed by atoms with Crippen molar-refractivity contribution in [3.8, 4) is 0 Å². The average Bonchev–Trinajstić information content (AvgIpc) is 2.49. The van der Waals surface area contributed by atoms with Crippen LogP contribution < -0.4 is 0 Å². The first-order valence-corrected chi connectivity index (χ1v) is 4.26. The Bertz CT molecular complexity index is 326. The quantitative estimate of drug-likeness (QED) is 0.778. The molecular weight excluding hydrogens is 188 g/mol. The highest BCUT2D eigenvalue weighted by molar-refractivity contribution is 5.88. The lowest BCUT2D eigenvalue weighted by atomic mass is 10.2. The van der Waals surface area contributed by atoms with Crippen LogP contribution in [0.1, 0.15) is 16.1 Å².